The summed E-state index contributed by atoms with van der Waals surface area (Å²) in [5.74, 6) is 2.01. The van der Waals surface area contributed by atoms with E-state index in [2.05, 4.69) is 50.1 Å². The van der Waals surface area contributed by atoms with Crippen molar-refractivity contribution in [1.82, 2.24) is 0 Å². The van der Waals surface area contributed by atoms with E-state index in [1.165, 1.54) is 17.0 Å². The fourth-order valence-corrected chi connectivity index (χ4v) is 5.16. The molecule has 0 atom stereocenters. The number of rotatable bonds is 9. The van der Waals surface area contributed by atoms with Crippen molar-refractivity contribution in [3.05, 3.63) is 23.8 Å². The number of nitrogens with zero attached hydrogens (tertiary/aromatic N) is 1. The molecule has 1 heterocycles. The summed E-state index contributed by atoms with van der Waals surface area (Å²) >= 11 is 4.09. The second-order valence-electron chi connectivity index (χ2n) is 7.18. The van der Waals surface area contributed by atoms with E-state index < -0.39 is 9.84 Å². The molecule has 1 aliphatic rings. The highest BCUT2D eigenvalue weighted by molar-refractivity contribution is 7.91. The smallest absolute Gasteiger partial charge is 0.209 e. The van der Waals surface area contributed by atoms with Gasteiger partial charge in [-0.15, -0.1) is 0 Å². The van der Waals surface area contributed by atoms with E-state index in [9.17, 15) is 8.42 Å². The lowest BCUT2D eigenvalue weighted by molar-refractivity contribution is -0.439. The lowest BCUT2D eigenvalue weighted by Gasteiger charge is -2.15. The minimum atomic E-state index is -2.94. The van der Waals surface area contributed by atoms with Crippen LogP contribution in [0, 0.1) is 0 Å². The van der Waals surface area contributed by atoms with Gasteiger partial charge in [0.25, 0.3) is 0 Å². The SMILES string of the molecule is COc1ccc2c(c1)C(C)(C)C(C)=[N+]2CCCCS(=O)(=O)CCCS. The van der Waals surface area contributed by atoms with Crippen molar-refractivity contribution in [2.75, 3.05) is 30.9 Å². The Balaban J connectivity index is 2.05. The van der Waals surface area contributed by atoms with E-state index in [0.29, 0.717) is 18.6 Å². The Morgan fingerprint density at radius 3 is 2.48 bits per heavy atom. The Hall–Kier alpha value is -1.01. The number of hydrogen-bond acceptors (Lipinski definition) is 4. The van der Waals surface area contributed by atoms with Crippen molar-refractivity contribution >= 4 is 33.9 Å². The molecule has 0 bridgehead atoms. The molecule has 0 fully saturated rings. The van der Waals surface area contributed by atoms with Gasteiger partial charge in [-0.2, -0.15) is 17.2 Å². The van der Waals surface area contributed by atoms with E-state index in [4.69, 9.17) is 4.74 Å². The van der Waals surface area contributed by atoms with Crippen LogP contribution >= 0.6 is 12.6 Å². The zero-order chi connectivity index (χ0) is 18.7. The van der Waals surface area contributed by atoms with Crippen molar-refractivity contribution in [2.45, 2.75) is 45.4 Å². The van der Waals surface area contributed by atoms with E-state index in [1.54, 1.807) is 7.11 Å². The van der Waals surface area contributed by atoms with Crippen molar-refractivity contribution in [2.24, 2.45) is 0 Å². The molecule has 1 aromatic carbocycles. The van der Waals surface area contributed by atoms with Gasteiger partial charge in [-0.25, -0.2) is 8.42 Å². The third kappa shape index (κ3) is 4.59. The first-order valence-corrected chi connectivity index (χ1v) is 11.3. The van der Waals surface area contributed by atoms with Crippen LogP contribution < -0.4 is 4.74 Å². The largest absolute Gasteiger partial charge is 0.497 e. The summed E-state index contributed by atoms with van der Waals surface area (Å²) < 4.78 is 31.6. The number of unbranched alkanes of at least 4 members (excludes halogenated alkanes) is 1. The molecule has 0 saturated heterocycles. The fourth-order valence-electron chi connectivity index (χ4n) is 3.36. The van der Waals surface area contributed by atoms with Gasteiger partial charge in [0.1, 0.15) is 22.1 Å². The van der Waals surface area contributed by atoms with Gasteiger partial charge < -0.3 is 4.74 Å². The highest BCUT2D eigenvalue weighted by Crippen LogP contribution is 2.41. The summed E-state index contributed by atoms with van der Waals surface area (Å²) in [6.45, 7) is 7.46. The van der Waals surface area contributed by atoms with Gasteiger partial charge >= 0.3 is 0 Å². The van der Waals surface area contributed by atoms with Crippen LogP contribution in [0.25, 0.3) is 0 Å². The molecule has 6 heteroatoms. The van der Waals surface area contributed by atoms with Crippen molar-refractivity contribution in [3.8, 4) is 5.75 Å². The van der Waals surface area contributed by atoms with Gasteiger partial charge in [-0.3, -0.25) is 0 Å². The average molecular weight is 385 g/mol. The summed E-state index contributed by atoms with van der Waals surface area (Å²) in [5, 5.41) is 0. The van der Waals surface area contributed by atoms with Gasteiger partial charge in [-0.1, -0.05) is 0 Å². The summed E-state index contributed by atoms with van der Waals surface area (Å²) in [4.78, 5) is 0. The van der Waals surface area contributed by atoms with Gasteiger partial charge in [0, 0.05) is 25.0 Å². The Bertz CT molecular complexity index is 752. The van der Waals surface area contributed by atoms with Crippen LogP contribution in [-0.2, 0) is 15.3 Å². The van der Waals surface area contributed by atoms with Crippen LogP contribution in [-0.4, -0.2) is 49.6 Å². The molecule has 0 unspecified atom stereocenters. The van der Waals surface area contributed by atoms with Crippen molar-refractivity contribution in [1.29, 1.82) is 0 Å². The predicted octanol–water partition coefficient (Wildman–Crippen LogP) is 3.61. The van der Waals surface area contributed by atoms with Crippen LogP contribution in [0.15, 0.2) is 18.2 Å². The predicted molar refractivity (Wildman–Crippen MR) is 108 cm³/mol. The number of methoxy groups -OCH3 is 1. The van der Waals surface area contributed by atoms with Crippen LogP contribution in [0.1, 0.15) is 45.6 Å². The molecule has 0 radical (unpaired) electrons. The zero-order valence-electron chi connectivity index (χ0n) is 15.7. The molecule has 25 heavy (non-hydrogen) atoms. The summed E-state index contributed by atoms with van der Waals surface area (Å²) in [7, 11) is -1.25. The molecule has 1 aliphatic heterocycles. The molecule has 0 N–H and O–H groups in total. The molecule has 0 aromatic heterocycles. The van der Waals surface area contributed by atoms with Crippen LogP contribution in [0.2, 0.25) is 0 Å². The molecular weight excluding hydrogens is 354 g/mol. The van der Waals surface area contributed by atoms with Crippen molar-refractivity contribution in [3.63, 3.8) is 0 Å². The fraction of sp³-hybridized carbons (Fsp3) is 0.632. The lowest BCUT2D eigenvalue weighted by Crippen LogP contribution is -2.26. The number of ether oxygens (including phenoxy) is 1. The first-order valence-electron chi connectivity index (χ1n) is 8.84. The second-order valence-corrected chi connectivity index (χ2v) is 9.93. The highest BCUT2D eigenvalue weighted by Gasteiger charge is 2.42. The average Bonchev–Trinajstić information content (AvgIpc) is 2.77. The van der Waals surface area contributed by atoms with Crippen LogP contribution in [0.4, 0.5) is 5.69 Å². The monoisotopic (exact) mass is 384 g/mol. The van der Waals surface area contributed by atoms with Gasteiger partial charge in [0.15, 0.2) is 5.71 Å². The number of thiol groups is 1. The molecule has 0 spiro atoms. The first-order chi connectivity index (χ1) is 11.7. The molecule has 140 valence electrons. The van der Waals surface area contributed by atoms with Gasteiger partial charge in [0.05, 0.1) is 24.0 Å². The maximum atomic E-state index is 12.0. The maximum Gasteiger partial charge on any atom is 0.209 e. The first kappa shape index (κ1) is 20.3. The normalized spacial score (nSPS) is 16.2. The molecule has 0 saturated carbocycles. The lowest BCUT2D eigenvalue weighted by atomic mass is 9.82. The molecule has 2 rings (SSSR count). The third-order valence-electron chi connectivity index (χ3n) is 5.18. The summed E-state index contributed by atoms with van der Waals surface area (Å²) in [6.07, 6.45) is 2.19. The number of benzene rings is 1. The Morgan fingerprint density at radius 2 is 1.84 bits per heavy atom. The Morgan fingerprint density at radius 1 is 1.16 bits per heavy atom. The van der Waals surface area contributed by atoms with Gasteiger partial charge in [0.2, 0.25) is 5.69 Å². The van der Waals surface area contributed by atoms with Crippen LogP contribution in [0.3, 0.4) is 0 Å². The quantitative estimate of drug-likeness (QED) is 0.402. The van der Waals surface area contributed by atoms with E-state index in [0.717, 1.165) is 18.7 Å². The molecular formula is C19H30NO3S2+. The number of hydrogen-bond donors (Lipinski definition) is 1. The molecule has 4 nitrogen and oxygen atoms in total. The minimum Gasteiger partial charge on any atom is -0.497 e. The van der Waals surface area contributed by atoms with E-state index in [-0.39, 0.29) is 16.9 Å². The standard InChI is InChI=1S/C19H29NO3S2/c1-15-19(2,3)17-14-16(23-4)8-9-18(17)20(15)10-5-6-12-25(21,22)13-7-11-24/h8-9,14H,5-7,10-13H2,1-4H3/p+1. The summed E-state index contributed by atoms with van der Waals surface area (Å²) in [5.41, 5.74) is 3.74. The van der Waals surface area contributed by atoms with Crippen LogP contribution in [0.5, 0.6) is 5.75 Å². The molecule has 0 amide bonds. The van der Waals surface area contributed by atoms with E-state index in [1.807, 2.05) is 6.07 Å². The third-order valence-corrected chi connectivity index (χ3v) is 7.32. The highest BCUT2D eigenvalue weighted by atomic mass is 32.2. The summed E-state index contributed by atoms with van der Waals surface area (Å²) in [6, 6.07) is 6.21. The zero-order valence-corrected chi connectivity index (χ0v) is 17.4. The molecule has 1 aromatic rings. The maximum absolute atomic E-state index is 12.0. The topological polar surface area (TPSA) is 46.4 Å². The second kappa shape index (κ2) is 8.12. The molecule has 0 aliphatic carbocycles. The Kier molecular flexibility index (Phi) is 6.60. The minimum absolute atomic E-state index is 0.0392. The van der Waals surface area contributed by atoms with Gasteiger partial charge in [-0.05, 0) is 44.6 Å². The van der Waals surface area contributed by atoms with Crippen molar-refractivity contribution < 1.29 is 17.7 Å². The Labute approximate surface area is 157 Å². The number of sulfone groups is 1. The number of fused-ring (bicyclic) bond motifs is 1. The van der Waals surface area contributed by atoms with E-state index >= 15 is 0 Å².